The highest BCUT2D eigenvalue weighted by Gasteiger charge is 2.50. The Balaban J connectivity index is 1.29. The molecule has 12 heteroatoms. The van der Waals surface area contributed by atoms with E-state index in [9.17, 15) is 8.78 Å². The molecule has 42 heavy (non-hydrogen) atoms. The molecule has 8 rings (SSSR count). The summed E-state index contributed by atoms with van der Waals surface area (Å²) < 4.78 is 58.1. The lowest BCUT2D eigenvalue weighted by atomic mass is 9.95. The van der Waals surface area contributed by atoms with Gasteiger partial charge in [-0.2, -0.15) is 9.97 Å². The first-order chi connectivity index (χ1) is 20.2. The SMILES string of the molecule is Cc1cc(-c2nc3c4c(nc(OC[C@@]56CCCN5C[C@H](F)C6)nc4c2F)N2C[C@H]4CC[C@H](N4)[C@H]2[C@H](C)O3)cc(N)c1F. The van der Waals surface area contributed by atoms with Gasteiger partial charge in [-0.3, -0.25) is 4.90 Å². The van der Waals surface area contributed by atoms with E-state index in [0.29, 0.717) is 36.3 Å². The van der Waals surface area contributed by atoms with Crippen molar-refractivity contribution in [2.24, 2.45) is 0 Å². The number of nitrogens with two attached hydrogens (primary N) is 1. The van der Waals surface area contributed by atoms with Gasteiger partial charge in [-0.25, -0.2) is 18.2 Å². The van der Waals surface area contributed by atoms with Crippen LogP contribution >= 0.6 is 0 Å². The maximum absolute atomic E-state index is 16.6. The van der Waals surface area contributed by atoms with Crippen LogP contribution in [0, 0.1) is 18.6 Å². The molecule has 0 saturated carbocycles. The summed E-state index contributed by atoms with van der Waals surface area (Å²) in [6.45, 7) is 5.71. The lowest BCUT2D eigenvalue weighted by Gasteiger charge is -2.42. The number of hydrogen-bond donors (Lipinski definition) is 2. The normalized spacial score (nSPS) is 31.6. The van der Waals surface area contributed by atoms with E-state index in [1.807, 2.05) is 6.92 Å². The van der Waals surface area contributed by atoms with Crippen LogP contribution < -0.4 is 25.4 Å². The molecule has 2 aromatic heterocycles. The zero-order valence-corrected chi connectivity index (χ0v) is 23.7. The zero-order valence-electron chi connectivity index (χ0n) is 23.7. The average molecular weight is 582 g/mol. The van der Waals surface area contributed by atoms with E-state index in [0.717, 1.165) is 32.2 Å². The third kappa shape index (κ3) is 3.87. The lowest BCUT2D eigenvalue weighted by molar-refractivity contribution is 0.107. The van der Waals surface area contributed by atoms with E-state index in [1.165, 1.54) is 12.1 Å². The third-order valence-corrected chi connectivity index (χ3v) is 10.0. The Morgan fingerprint density at radius 3 is 2.86 bits per heavy atom. The van der Waals surface area contributed by atoms with E-state index < -0.39 is 23.3 Å². The molecule has 0 aliphatic carbocycles. The van der Waals surface area contributed by atoms with Crippen molar-refractivity contribution in [1.29, 1.82) is 0 Å². The number of aromatic nitrogens is 3. The molecule has 3 aromatic rings. The molecule has 5 aliphatic rings. The number of pyridine rings is 1. The Morgan fingerprint density at radius 1 is 1.17 bits per heavy atom. The summed E-state index contributed by atoms with van der Waals surface area (Å²) in [5, 5.41) is 4.08. The maximum Gasteiger partial charge on any atom is 0.319 e. The molecule has 222 valence electrons. The molecule has 9 nitrogen and oxygen atoms in total. The van der Waals surface area contributed by atoms with Crippen LogP contribution in [0.4, 0.5) is 24.7 Å². The first kappa shape index (κ1) is 26.3. The van der Waals surface area contributed by atoms with Crippen LogP contribution in [0.1, 0.15) is 44.6 Å². The number of nitrogens with zero attached hydrogens (tertiary/aromatic N) is 5. The summed E-state index contributed by atoms with van der Waals surface area (Å²) >= 11 is 0. The van der Waals surface area contributed by atoms with Crippen molar-refractivity contribution in [2.45, 2.75) is 81.9 Å². The van der Waals surface area contributed by atoms with Gasteiger partial charge >= 0.3 is 6.01 Å². The van der Waals surface area contributed by atoms with Gasteiger partial charge in [0.25, 0.3) is 0 Å². The molecule has 7 heterocycles. The predicted molar refractivity (Wildman–Crippen MR) is 152 cm³/mol. The van der Waals surface area contributed by atoms with Gasteiger partial charge in [0.05, 0.1) is 17.3 Å². The molecule has 5 aliphatic heterocycles. The van der Waals surface area contributed by atoms with E-state index in [-0.39, 0.29) is 65.2 Å². The Bertz CT molecular complexity index is 1580. The van der Waals surface area contributed by atoms with Crippen LogP contribution in [-0.2, 0) is 0 Å². The second-order valence-electron chi connectivity index (χ2n) is 12.7. The summed E-state index contributed by atoms with van der Waals surface area (Å²) in [5.74, 6) is -0.491. The van der Waals surface area contributed by atoms with Gasteiger partial charge < -0.3 is 25.4 Å². The van der Waals surface area contributed by atoms with Gasteiger partial charge in [-0.1, -0.05) is 0 Å². The summed E-state index contributed by atoms with van der Waals surface area (Å²) in [5.41, 5.74) is 6.00. The zero-order chi connectivity index (χ0) is 28.9. The second-order valence-corrected chi connectivity index (χ2v) is 12.7. The first-order valence-corrected chi connectivity index (χ1v) is 14.9. The molecule has 1 aromatic carbocycles. The summed E-state index contributed by atoms with van der Waals surface area (Å²) in [6.07, 6.45) is 3.06. The van der Waals surface area contributed by atoms with E-state index in [4.69, 9.17) is 20.2 Å². The Morgan fingerprint density at radius 2 is 2.02 bits per heavy atom. The van der Waals surface area contributed by atoms with Crippen molar-refractivity contribution in [2.75, 3.05) is 36.9 Å². The lowest BCUT2D eigenvalue weighted by Crippen LogP contribution is -2.62. The van der Waals surface area contributed by atoms with E-state index >= 15 is 4.39 Å². The molecule has 0 spiro atoms. The highest BCUT2D eigenvalue weighted by Crippen LogP contribution is 2.45. The molecule has 0 unspecified atom stereocenters. The monoisotopic (exact) mass is 581 g/mol. The number of hydrogen-bond acceptors (Lipinski definition) is 9. The minimum Gasteiger partial charge on any atom is -0.472 e. The van der Waals surface area contributed by atoms with Gasteiger partial charge in [-0.05, 0) is 63.8 Å². The molecule has 4 saturated heterocycles. The molecule has 0 radical (unpaired) electrons. The first-order valence-electron chi connectivity index (χ1n) is 14.9. The highest BCUT2D eigenvalue weighted by atomic mass is 19.1. The van der Waals surface area contributed by atoms with Crippen molar-refractivity contribution >= 4 is 22.4 Å². The molecule has 4 fully saturated rings. The maximum atomic E-state index is 16.6. The highest BCUT2D eigenvalue weighted by molar-refractivity contribution is 5.97. The number of alkyl halides is 1. The van der Waals surface area contributed by atoms with Crippen LogP contribution in [0.25, 0.3) is 22.2 Å². The van der Waals surface area contributed by atoms with Crippen molar-refractivity contribution in [3.05, 3.63) is 29.3 Å². The molecule has 2 bridgehead atoms. The summed E-state index contributed by atoms with van der Waals surface area (Å²) in [4.78, 5) is 18.5. The van der Waals surface area contributed by atoms with Gasteiger partial charge in [-0.15, -0.1) is 0 Å². The smallest absolute Gasteiger partial charge is 0.319 e. The number of fused-ring (bicyclic) bond motifs is 6. The van der Waals surface area contributed by atoms with Crippen LogP contribution in [0.5, 0.6) is 11.9 Å². The van der Waals surface area contributed by atoms with Crippen molar-refractivity contribution in [1.82, 2.24) is 25.2 Å². The van der Waals surface area contributed by atoms with Crippen molar-refractivity contribution < 1.29 is 22.6 Å². The number of benzene rings is 1. The Hall–Kier alpha value is -3.38. The number of aryl methyl sites for hydroxylation is 1. The minimum atomic E-state index is -0.896. The number of halogens is 3. The fraction of sp³-hybridized carbons (Fsp3) is 0.567. The molecular formula is C30H34F3N7O2. The fourth-order valence-electron chi connectivity index (χ4n) is 8.13. The minimum absolute atomic E-state index is 0.0184. The second kappa shape index (κ2) is 9.31. The Labute approximate surface area is 241 Å². The van der Waals surface area contributed by atoms with Gasteiger partial charge in [0.1, 0.15) is 47.1 Å². The summed E-state index contributed by atoms with van der Waals surface area (Å²) in [7, 11) is 0. The number of rotatable bonds is 4. The van der Waals surface area contributed by atoms with Crippen molar-refractivity contribution in [3.63, 3.8) is 0 Å². The standard InChI is InChI=1S/C30H34F3N7O2/c1-14-8-16(9-19(34)22(14)32)24-23(33)25-21-27(38-29(37-25)41-13-30-6-3-7-39(30)11-17(31)10-30)40-12-18-4-5-20(35-18)26(40)15(2)42-28(21)36-24/h8-9,15,17-18,20,26,35H,3-7,10-13,34H2,1-2H3/t15-,17+,18+,20-,26+,30-/m0/s1. The number of nitrogen functional groups attached to an aromatic ring is 1. The Kier molecular flexibility index (Phi) is 5.82. The van der Waals surface area contributed by atoms with E-state index in [2.05, 4.69) is 25.1 Å². The largest absolute Gasteiger partial charge is 0.472 e. The fourth-order valence-corrected chi connectivity index (χ4v) is 8.13. The van der Waals surface area contributed by atoms with Crippen LogP contribution in [0.2, 0.25) is 0 Å². The van der Waals surface area contributed by atoms with Gasteiger partial charge in [0.15, 0.2) is 5.82 Å². The number of nitrogens with one attached hydrogen (secondary N) is 1. The molecular weight excluding hydrogens is 547 g/mol. The molecule has 0 amide bonds. The van der Waals surface area contributed by atoms with Crippen molar-refractivity contribution in [3.8, 4) is 23.1 Å². The van der Waals surface area contributed by atoms with Crippen LogP contribution in [0.3, 0.4) is 0 Å². The molecule has 6 atom stereocenters. The topological polar surface area (TPSA) is 102 Å². The number of ether oxygens (including phenoxy) is 2. The van der Waals surface area contributed by atoms with E-state index in [1.54, 1.807) is 6.92 Å². The quantitative estimate of drug-likeness (QED) is 0.444. The number of anilines is 2. The molecule has 3 N–H and O–H groups in total. The average Bonchev–Trinajstić information content (AvgIpc) is 3.60. The summed E-state index contributed by atoms with van der Waals surface area (Å²) in [6, 6.07) is 3.32. The van der Waals surface area contributed by atoms with Gasteiger partial charge in [0, 0.05) is 37.2 Å². The van der Waals surface area contributed by atoms with Gasteiger partial charge in [0.2, 0.25) is 5.88 Å². The number of piperazine rings is 1. The predicted octanol–water partition coefficient (Wildman–Crippen LogP) is 3.91. The van der Waals surface area contributed by atoms with Crippen LogP contribution in [0.15, 0.2) is 12.1 Å². The third-order valence-electron chi connectivity index (χ3n) is 10.0. The van der Waals surface area contributed by atoms with Crippen LogP contribution in [-0.4, -0.2) is 82.0 Å².